The lowest BCUT2D eigenvalue weighted by Crippen LogP contribution is -2.34. The van der Waals surface area contributed by atoms with Crippen molar-refractivity contribution in [3.63, 3.8) is 0 Å². The molecule has 10 heteroatoms. The molecule has 0 aliphatic rings. The first-order valence-electron chi connectivity index (χ1n) is 6.38. The number of alkyl halides is 4. The van der Waals surface area contributed by atoms with Gasteiger partial charge in [0, 0.05) is 20.0 Å². The molecule has 1 aromatic heterocycles. The first kappa shape index (κ1) is 18.7. The van der Waals surface area contributed by atoms with E-state index in [9.17, 15) is 27.2 Å². The average molecular weight is 337 g/mol. The number of pyridine rings is 1. The lowest BCUT2D eigenvalue weighted by molar-refractivity contribution is -0.148. The molecule has 0 atom stereocenters. The van der Waals surface area contributed by atoms with E-state index in [2.05, 4.69) is 15.0 Å². The highest BCUT2D eigenvalue weighted by molar-refractivity contribution is 5.94. The fourth-order valence-corrected chi connectivity index (χ4v) is 1.30. The predicted molar refractivity (Wildman–Crippen MR) is 72.6 cm³/mol. The third-order valence-corrected chi connectivity index (χ3v) is 2.67. The van der Waals surface area contributed by atoms with Crippen molar-refractivity contribution in [1.82, 2.24) is 9.88 Å². The quantitative estimate of drug-likeness (QED) is 0.770. The summed E-state index contributed by atoms with van der Waals surface area (Å²) in [5.74, 6) is -5.33. The minimum atomic E-state index is -4.27. The number of carbonyl (C=O) groups excluding carboxylic acids is 2. The fraction of sp³-hybridized carbons (Fsp3) is 0.462. The Kier molecular flexibility index (Phi) is 6.28. The van der Waals surface area contributed by atoms with Crippen LogP contribution in [0, 0.1) is 0 Å². The van der Waals surface area contributed by atoms with Gasteiger partial charge < -0.3 is 15.0 Å². The molecule has 0 aliphatic heterocycles. The molecule has 0 spiro atoms. The molecule has 0 saturated carbocycles. The predicted octanol–water partition coefficient (Wildman–Crippen LogP) is 1.78. The first-order valence-corrected chi connectivity index (χ1v) is 6.38. The number of likely N-dealkylation sites (N-methyl/N-ethyl adjacent to an activating group) is 1. The molecule has 0 aromatic carbocycles. The van der Waals surface area contributed by atoms with E-state index >= 15 is 0 Å². The highest BCUT2D eigenvalue weighted by Gasteiger charge is 2.41. The van der Waals surface area contributed by atoms with Crippen molar-refractivity contribution < 1.29 is 31.9 Å². The first-order chi connectivity index (χ1) is 10.6. The topological polar surface area (TPSA) is 71.5 Å². The number of halogens is 4. The maximum absolute atomic E-state index is 12.7. The van der Waals surface area contributed by atoms with Crippen LogP contribution in [0.4, 0.5) is 23.2 Å². The summed E-state index contributed by atoms with van der Waals surface area (Å²) >= 11 is 0. The number of rotatable bonds is 7. The van der Waals surface area contributed by atoms with E-state index in [1.54, 1.807) is 0 Å². The normalized spacial score (nSPS) is 11.3. The van der Waals surface area contributed by atoms with E-state index in [4.69, 9.17) is 0 Å². The molecule has 6 nitrogen and oxygen atoms in total. The van der Waals surface area contributed by atoms with Crippen molar-refractivity contribution in [1.29, 1.82) is 0 Å². The van der Waals surface area contributed by atoms with Crippen molar-refractivity contribution in [3.8, 4) is 5.88 Å². The summed E-state index contributed by atoms with van der Waals surface area (Å²) in [4.78, 5) is 27.4. The van der Waals surface area contributed by atoms with Crippen LogP contribution in [0.3, 0.4) is 0 Å². The molecule has 1 rings (SSSR count). The summed E-state index contributed by atoms with van der Waals surface area (Å²) in [7, 11) is 1.44. The Morgan fingerprint density at radius 1 is 1.39 bits per heavy atom. The summed E-state index contributed by atoms with van der Waals surface area (Å²) in [5.41, 5.74) is 0.236. The van der Waals surface area contributed by atoms with E-state index in [-0.39, 0.29) is 24.0 Å². The Bertz CT molecular complexity index is 552. The maximum Gasteiger partial charge on any atom is 0.340 e. The molecule has 0 fully saturated rings. The molecular weight excluding hydrogens is 322 g/mol. The Balaban J connectivity index is 2.53. The minimum absolute atomic E-state index is 0.172. The van der Waals surface area contributed by atoms with Crippen LogP contribution in [0.15, 0.2) is 18.3 Å². The van der Waals surface area contributed by atoms with E-state index in [1.807, 2.05) is 0 Å². The highest BCUT2D eigenvalue weighted by Crippen LogP contribution is 2.23. The van der Waals surface area contributed by atoms with Crippen LogP contribution in [-0.4, -0.2) is 54.2 Å². The summed E-state index contributed by atoms with van der Waals surface area (Å²) in [6, 6.07) is 2.44. The van der Waals surface area contributed by atoms with Gasteiger partial charge in [-0.15, -0.1) is 0 Å². The van der Waals surface area contributed by atoms with Crippen molar-refractivity contribution in [2.45, 2.75) is 19.3 Å². The second-order valence-corrected chi connectivity index (χ2v) is 4.66. The molecule has 128 valence electrons. The van der Waals surface area contributed by atoms with Gasteiger partial charge in [-0.1, -0.05) is 0 Å². The SMILES string of the molecule is CC(=O)N(C)CC(=O)Nc1ccc(OCC(F)(F)C(F)F)nc1. The summed E-state index contributed by atoms with van der Waals surface area (Å²) in [6.07, 6.45) is -2.72. The Labute approximate surface area is 129 Å². The Morgan fingerprint density at radius 2 is 2.04 bits per heavy atom. The summed E-state index contributed by atoms with van der Waals surface area (Å²) < 4.78 is 53.8. The van der Waals surface area contributed by atoms with Gasteiger partial charge in [-0.25, -0.2) is 13.8 Å². The van der Waals surface area contributed by atoms with Gasteiger partial charge in [-0.05, 0) is 6.07 Å². The second-order valence-electron chi connectivity index (χ2n) is 4.66. The third-order valence-electron chi connectivity index (χ3n) is 2.67. The van der Waals surface area contributed by atoms with Crippen molar-refractivity contribution in [2.75, 3.05) is 25.5 Å². The number of anilines is 1. The van der Waals surface area contributed by atoms with Gasteiger partial charge in [0.15, 0.2) is 6.61 Å². The standard InChI is InChI=1S/C13H15F4N3O3/c1-8(21)20(2)6-10(22)19-9-3-4-11(18-5-9)23-7-13(16,17)12(14)15/h3-5,12H,6-7H2,1-2H3,(H,19,22). The van der Waals surface area contributed by atoms with E-state index in [0.717, 1.165) is 12.3 Å². The summed E-state index contributed by atoms with van der Waals surface area (Å²) in [6.45, 7) is -0.378. The number of carbonyl (C=O) groups is 2. The van der Waals surface area contributed by atoms with Crippen LogP contribution in [0.1, 0.15) is 6.92 Å². The Hall–Kier alpha value is -2.39. The van der Waals surface area contributed by atoms with E-state index in [0.29, 0.717) is 0 Å². The van der Waals surface area contributed by atoms with Crippen molar-refractivity contribution >= 4 is 17.5 Å². The average Bonchev–Trinajstić information content (AvgIpc) is 2.46. The number of aromatic nitrogens is 1. The minimum Gasteiger partial charge on any atom is -0.471 e. The van der Waals surface area contributed by atoms with Crippen LogP contribution in [-0.2, 0) is 9.59 Å². The zero-order valence-corrected chi connectivity index (χ0v) is 12.4. The number of amides is 2. The fourth-order valence-electron chi connectivity index (χ4n) is 1.30. The number of hydrogen-bond acceptors (Lipinski definition) is 4. The maximum atomic E-state index is 12.7. The van der Waals surface area contributed by atoms with E-state index in [1.165, 1.54) is 24.9 Å². The molecule has 0 aliphatic carbocycles. The number of hydrogen-bond donors (Lipinski definition) is 1. The van der Waals surface area contributed by atoms with Crippen LogP contribution in [0.5, 0.6) is 5.88 Å². The number of ether oxygens (including phenoxy) is 1. The van der Waals surface area contributed by atoms with Gasteiger partial charge in [0.1, 0.15) is 0 Å². The van der Waals surface area contributed by atoms with Gasteiger partial charge in [-0.3, -0.25) is 9.59 Å². The van der Waals surface area contributed by atoms with Crippen LogP contribution in [0.2, 0.25) is 0 Å². The molecule has 23 heavy (non-hydrogen) atoms. The summed E-state index contributed by atoms with van der Waals surface area (Å²) in [5, 5.41) is 2.43. The molecule has 0 bridgehead atoms. The van der Waals surface area contributed by atoms with Gasteiger partial charge in [0.25, 0.3) is 0 Å². The van der Waals surface area contributed by atoms with Crippen LogP contribution in [0.25, 0.3) is 0 Å². The van der Waals surface area contributed by atoms with Crippen molar-refractivity contribution in [3.05, 3.63) is 18.3 Å². The smallest absolute Gasteiger partial charge is 0.340 e. The van der Waals surface area contributed by atoms with Crippen LogP contribution < -0.4 is 10.1 Å². The van der Waals surface area contributed by atoms with Gasteiger partial charge in [-0.2, -0.15) is 8.78 Å². The highest BCUT2D eigenvalue weighted by atomic mass is 19.3. The number of nitrogens with one attached hydrogen (secondary N) is 1. The molecular formula is C13H15F4N3O3. The second kappa shape index (κ2) is 7.75. The molecule has 1 N–H and O–H groups in total. The zero-order valence-electron chi connectivity index (χ0n) is 12.4. The third kappa shape index (κ3) is 6.09. The molecule has 0 saturated heterocycles. The molecule has 0 unspecified atom stereocenters. The van der Waals surface area contributed by atoms with Crippen molar-refractivity contribution in [2.24, 2.45) is 0 Å². The van der Waals surface area contributed by atoms with E-state index < -0.39 is 24.9 Å². The monoisotopic (exact) mass is 337 g/mol. The van der Waals surface area contributed by atoms with Gasteiger partial charge >= 0.3 is 12.3 Å². The number of nitrogens with zero attached hydrogens (tertiary/aromatic N) is 2. The zero-order chi connectivity index (χ0) is 17.6. The largest absolute Gasteiger partial charge is 0.471 e. The van der Waals surface area contributed by atoms with Crippen LogP contribution >= 0.6 is 0 Å². The molecule has 1 aromatic rings. The van der Waals surface area contributed by atoms with Gasteiger partial charge in [0.05, 0.1) is 18.4 Å². The lowest BCUT2D eigenvalue weighted by atomic mass is 10.3. The Morgan fingerprint density at radius 3 is 2.52 bits per heavy atom. The molecule has 0 radical (unpaired) electrons. The van der Waals surface area contributed by atoms with Gasteiger partial charge in [0.2, 0.25) is 17.7 Å². The molecule has 1 heterocycles. The lowest BCUT2D eigenvalue weighted by Gasteiger charge is -2.16. The molecule has 2 amide bonds.